The van der Waals surface area contributed by atoms with Crippen molar-refractivity contribution < 1.29 is 18.0 Å². The second kappa shape index (κ2) is 7.33. The van der Waals surface area contributed by atoms with Crippen molar-refractivity contribution in [1.82, 2.24) is 9.88 Å². The number of rotatable bonds is 5. The van der Waals surface area contributed by atoms with Gasteiger partial charge in [0.05, 0.1) is 5.56 Å². The summed E-state index contributed by atoms with van der Waals surface area (Å²) in [5.74, 6) is -0.192. The van der Waals surface area contributed by atoms with Gasteiger partial charge in [0.25, 0.3) is 5.91 Å². The molecule has 0 saturated carbocycles. The van der Waals surface area contributed by atoms with Crippen molar-refractivity contribution in [3.05, 3.63) is 57.9 Å². The van der Waals surface area contributed by atoms with Crippen LogP contribution in [-0.4, -0.2) is 17.0 Å². The van der Waals surface area contributed by atoms with Crippen LogP contribution in [-0.2, 0) is 12.7 Å². The van der Waals surface area contributed by atoms with Crippen molar-refractivity contribution in [2.75, 3.05) is 6.54 Å². The Kier molecular flexibility index (Phi) is 5.60. The molecule has 0 radical (unpaired) electrons. The van der Waals surface area contributed by atoms with E-state index in [1.54, 1.807) is 10.6 Å². The monoisotopic (exact) mass is 352 g/mol. The number of alkyl halides is 3. The molecule has 0 saturated heterocycles. The number of halogens is 3. The Balaban J connectivity index is 2.43. The smallest absolute Gasteiger partial charge is 0.351 e. The predicted molar refractivity (Wildman–Crippen MR) is 91.8 cm³/mol. The summed E-state index contributed by atoms with van der Waals surface area (Å²) in [6, 6.07) is 5.23. The van der Waals surface area contributed by atoms with Gasteiger partial charge < -0.3 is 9.88 Å². The van der Waals surface area contributed by atoms with Gasteiger partial charge in [-0.1, -0.05) is 19.1 Å². The molecule has 25 heavy (non-hydrogen) atoms. The third kappa shape index (κ3) is 4.06. The Morgan fingerprint density at radius 1 is 1.16 bits per heavy atom. The first-order valence-electron chi connectivity index (χ1n) is 8.27. The van der Waals surface area contributed by atoms with Crippen LogP contribution < -0.4 is 5.32 Å². The number of nitrogens with one attached hydrogen (secondary N) is 1. The second-order valence-electron chi connectivity index (χ2n) is 6.22. The minimum atomic E-state index is -4.38. The van der Waals surface area contributed by atoms with E-state index in [1.807, 2.05) is 27.7 Å². The Morgan fingerprint density at radius 3 is 2.44 bits per heavy atom. The van der Waals surface area contributed by atoms with E-state index < -0.39 is 11.7 Å². The average Bonchev–Trinajstić information content (AvgIpc) is 2.76. The van der Waals surface area contributed by atoms with Gasteiger partial charge in [0.15, 0.2) is 0 Å². The minimum absolute atomic E-state index is 0.192. The van der Waals surface area contributed by atoms with Gasteiger partial charge in [0, 0.05) is 18.8 Å². The molecule has 0 atom stereocenters. The van der Waals surface area contributed by atoms with E-state index in [0.29, 0.717) is 17.8 Å². The van der Waals surface area contributed by atoms with E-state index >= 15 is 0 Å². The number of nitrogens with zero attached hydrogens (tertiary/aromatic N) is 1. The van der Waals surface area contributed by atoms with Gasteiger partial charge >= 0.3 is 6.18 Å². The topological polar surface area (TPSA) is 34.0 Å². The Hall–Kier alpha value is -2.24. The molecule has 0 aliphatic heterocycles. The van der Waals surface area contributed by atoms with E-state index in [1.165, 1.54) is 6.07 Å². The van der Waals surface area contributed by atoms with Crippen LogP contribution in [0, 0.1) is 20.8 Å². The van der Waals surface area contributed by atoms with E-state index in [-0.39, 0.29) is 12.5 Å². The zero-order chi connectivity index (χ0) is 18.8. The number of hydrogen-bond acceptors (Lipinski definition) is 1. The molecule has 1 aromatic heterocycles. The summed E-state index contributed by atoms with van der Waals surface area (Å²) in [5.41, 5.74) is 3.07. The van der Waals surface area contributed by atoms with Crippen LogP contribution in [0.1, 0.15) is 51.8 Å². The summed E-state index contributed by atoms with van der Waals surface area (Å²) in [5, 5.41) is 2.85. The number of benzene rings is 1. The van der Waals surface area contributed by atoms with Gasteiger partial charge in [-0.05, 0) is 56.0 Å². The lowest BCUT2D eigenvalue weighted by atomic mass is 10.1. The van der Waals surface area contributed by atoms with Crippen LogP contribution >= 0.6 is 0 Å². The predicted octanol–water partition coefficient (Wildman–Crippen LogP) is 4.62. The molecule has 0 unspecified atom stereocenters. The fraction of sp³-hybridized carbons (Fsp3) is 0.421. The van der Waals surface area contributed by atoms with Crippen molar-refractivity contribution in [2.24, 2.45) is 0 Å². The molecule has 2 aromatic rings. The van der Waals surface area contributed by atoms with Crippen molar-refractivity contribution in [2.45, 2.75) is 46.8 Å². The van der Waals surface area contributed by atoms with Crippen molar-refractivity contribution in [3.63, 3.8) is 0 Å². The van der Waals surface area contributed by atoms with Crippen molar-refractivity contribution >= 4 is 5.91 Å². The van der Waals surface area contributed by atoms with Crippen molar-refractivity contribution in [1.29, 1.82) is 0 Å². The van der Waals surface area contributed by atoms with Crippen LogP contribution in [0.5, 0.6) is 0 Å². The summed E-state index contributed by atoms with van der Waals surface area (Å²) < 4.78 is 40.6. The molecule has 0 bridgehead atoms. The lowest BCUT2D eigenvalue weighted by Crippen LogP contribution is -2.27. The number of carbonyl (C=O) groups is 1. The molecule has 1 heterocycles. The number of amides is 1. The highest BCUT2D eigenvalue weighted by molar-refractivity contribution is 5.95. The van der Waals surface area contributed by atoms with E-state index in [0.717, 1.165) is 35.4 Å². The molecule has 136 valence electrons. The first-order chi connectivity index (χ1) is 11.7. The third-order valence-corrected chi connectivity index (χ3v) is 4.48. The first-order valence-corrected chi connectivity index (χ1v) is 8.27. The number of hydrogen-bond donors (Lipinski definition) is 1. The Labute approximate surface area is 145 Å². The van der Waals surface area contributed by atoms with E-state index in [2.05, 4.69) is 5.32 Å². The number of carbonyl (C=O) groups excluding carboxylic acids is 1. The first kappa shape index (κ1) is 19.1. The third-order valence-electron chi connectivity index (χ3n) is 4.48. The summed E-state index contributed by atoms with van der Waals surface area (Å²) in [6.45, 7) is 8.41. The molecule has 6 heteroatoms. The van der Waals surface area contributed by atoms with Crippen molar-refractivity contribution in [3.8, 4) is 0 Å². The standard InChI is InChI=1S/C19H23F3N2O/c1-5-9-23-18(25)17-13(3)12(2)14(4)24(17)11-15-7-6-8-16(10-15)19(20,21)22/h6-8,10H,5,9,11H2,1-4H3,(H,23,25). The molecule has 1 aromatic carbocycles. The quantitative estimate of drug-likeness (QED) is 0.837. The van der Waals surface area contributed by atoms with Crippen LogP contribution in [0.15, 0.2) is 24.3 Å². The highest BCUT2D eigenvalue weighted by atomic mass is 19.4. The fourth-order valence-electron chi connectivity index (χ4n) is 2.86. The maximum atomic E-state index is 12.9. The molecule has 0 fully saturated rings. The molecule has 0 aliphatic carbocycles. The molecule has 1 amide bonds. The summed E-state index contributed by atoms with van der Waals surface area (Å²) in [6.07, 6.45) is -3.56. The van der Waals surface area contributed by atoms with Gasteiger partial charge in [0.1, 0.15) is 5.69 Å². The maximum absolute atomic E-state index is 12.9. The average molecular weight is 352 g/mol. The largest absolute Gasteiger partial charge is 0.416 e. The second-order valence-corrected chi connectivity index (χ2v) is 6.22. The van der Waals surface area contributed by atoms with Gasteiger partial charge in [-0.3, -0.25) is 4.79 Å². The van der Waals surface area contributed by atoms with E-state index in [9.17, 15) is 18.0 Å². The lowest BCUT2D eigenvalue weighted by Gasteiger charge is -2.14. The molecular weight excluding hydrogens is 329 g/mol. The van der Waals surface area contributed by atoms with Gasteiger partial charge in [-0.15, -0.1) is 0 Å². The fourth-order valence-corrected chi connectivity index (χ4v) is 2.86. The van der Waals surface area contributed by atoms with Gasteiger partial charge in [-0.25, -0.2) is 0 Å². The molecule has 0 aliphatic rings. The normalized spacial score (nSPS) is 11.6. The SMILES string of the molecule is CCCNC(=O)c1c(C)c(C)c(C)n1Cc1cccc(C(F)(F)F)c1. The summed E-state index contributed by atoms with van der Waals surface area (Å²) in [4.78, 5) is 12.5. The van der Waals surface area contributed by atoms with Crippen LogP contribution in [0.4, 0.5) is 13.2 Å². The zero-order valence-electron chi connectivity index (χ0n) is 14.9. The number of aromatic nitrogens is 1. The molecule has 2 rings (SSSR count). The molecule has 3 nitrogen and oxygen atoms in total. The van der Waals surface area contributed by atoms with Gasteiger partial charge in [-0.2, -0.15) is 13.2 Å². The maximum Gasteiger partial charge on any atom is 0.416 e. The molecule has 0 spiro atoms. The minimum Gasteiger partial charge on any atom is -0.351 e. The summed E-state index contributed by atoms with van der Waals surface area (Å²) in [7, 11) is 0. The van der Waals surface area contributed by atoms with Crippen LogP contribution in [0.25, 0.3) is 0 Å². The van der Waals surface area contributed by atoms with Crippen LogP contribution in [0.2, 0.25) is 0 Å². The Morgan fingerprint density at radius 2 is 1.84 bits per heavy atom. The van der Waals surface area contributed by atoms with Gasteiger partial charge in [0.2, 0.25) is 0 Å². The highest BCUT2D eigenvalue weighted by Gasteiger charge is 2.30. The summed E-state index contributed by atoms with van der Waals surface area (Å²) >= 11 is 0. The lowest BCUT2D eigenvalue weighted by molar-refractivity contribution is -0.137. The molecular formula is C19H23F3N2O. The van der Waals surface area contributed by atoms with E-state index in [4.69, 9.17) is 0 Å². The zero-order valence-corrected chi connectivity index (χ0v) is 14.9. The highest BCUT2D eigenvalue weighted by Crippen LogP contribution is 2.30. The Bertz CT molecular complexity index is 776. The molecule has 1 N–H and O–H groups in total. The van der Waals surface area contributed by atoms with Crippen LogP contribution in [0.3, 0.4) is 0 Å².